The van der Waals surface area contributed by atoms with Crippen LogP contribution in [-0.2, 0) is 16.1 Å². The summed E-state index contributed by atoms with van der Waals surface area (Å²) in [5, 5.41) is 5.29. The first-order valence-electron chi connectivity index (χ1n) is 8.51. The second-order valence-corrected chi connectivity index (χ2v) is 6.10. The molecule has 0 atom stereocenters. The zero-order chi connectivity index (χ0) is 17.6. The van der Waals surface area contributed by atoms with Gasteiger partial charge in [0.2, 0.25) is 0 Å². The zero-order valence-electron chi connectivity index (χ0n) is 14.6. The van der Waals surface area contributed by atoms with E-state index in [-0.39, 0.29) is 5.91 Å². The quantitative estimate of drug-likeness (QED) is 0.496. The molecule has 6 heteroatoms. The highest BCUT2D eigenvalue weighted by molar-refractivity contribution is 6.01. The number of nitrogens with zero attached hydrogens (tertiary/aromatic N) is 3. The minimum Gasteiger partial charge on any atom is -0.379 e. The number of hydrazone groups is 1. The summed E-state index contributed by atoms with van der Waals surface area (Å²) in [4.78, 5) is 14.1. The molecule has 2 heterocycles. The van der Waals surface area contributed by atoms with E-state index in [9.17, 15) is 4.79 Å². The topological polar surface area (TPSA) is 58.9 Å². The summed E-state index contributed by atoms with van der Waals surface area (Å²) in [6.45, 7) is 9.89. The number of hydrogen-bond donors (Lipinski definition) is 1. The van der Waals surface area contributed by atoms with Gasteiger partial charge in [0, 0.05) is 41.8 Å². The lowest BCUT2D eigenvalue weighted by atomic mass is 10.1. The lowest BCUT2D eigenvalue weighted by Gasteiger charge is -2.25. The van der Waals surface area contributed by atoms with Crippen molar-refractivity contribution in [1.82, 2.24) is 14.9 Å². The molecule has 1 aliphatic heterocycles. The van der Waals surface area contributed by atoms with E-state index in [1.54, 1.807) is 6.21 Å². The summed E-state index contributed by atoms with van der Waals surface area (Å²) in [6, 6.07) is 8.18. The van der Waals surface area contributed by atoms with Crippen molar-refractivity contribution >= 4 is 23.0 Å². The average molecular weight is 340 g/mol. The van der Waals surface area contributed by atoms with Gasteiger partial charge >= 0.3 is 0 Å². The molecule has 6 nitrogen and oxygen atoms in total. The summed E-state index contributed by atoms with van der Waals surface area (Å²) in [7, 11) is 0. The van der Waals surface area contributed by atoms with Crippen LogP contribution in [0.25, 0.3) is 10.9 Å². The zero-order valence-corrected chi connectivity index (χ0v) is 14.6. The van der Waals surface area contributed by atoms with E-state index in [0.717, 1.165) is 41.8 Å². The van der Waals surface area contributed by atoms with Crippen molar-refractivity contribution in [3.05, 3.63) is 48.2 Å². The van der Waals surface area contributed by atoms with Crippen molar-refractivity contribution in [3.63, 3.8) is 0 Å². The highest BCUT2D eigenvalue weighted by atomic mass is 16.5. The van der Waals surface area contributed by atoms with Gasteiger partial charge in [-0.1, -0.05) is 24.3 Å². The fourth-order valence-electron chi connectivity index (χ4n) is 3.15. The van der Waals surface area contributed by atoms with Crippen LogP contribution >= 0.6 is 0 Å². The molecule has 1 aliphatic rings. The first kappa shape index (κ1) is 17.4. The molecule has 0 spiro atoms. The Balaban J connectivity index is 1.71. The Labute approximate surface area is 147 Å². The molecule has 1 saturated heterocycles. The number of amides is 1. The van der Waals surface area contributed by atoms with Gasteiger partial charge in [-0.3, -0.25) is 9.69 Å². The van der Waals surface area contributed by atoms with Gasteiger partial charge in [0.15, 0.2) is 0 Å². The Morgan fingerprint density at radius 1 is 1.36 bits per heavy atom. The van der Waals surface area contributed by atoms with E-state index in [0.29, 0.717) is 19.8 Å². The van der Waals surface area contributed by atoms with Gasteiger partial charge in [0.25, 0.3) is 5.91 Å². The number of nitrogens with one attached hydrogen (secondary N) is 1. The molecule has 0 unspecified atom stereocenters. The van der Waals surface area contributed by atoms with Crippen molar-refractivity contribution in [2.45, 2.75) is 13.5 Å². The Morgan fingerprint density at radius 3 is 2.88 bits per heavy atom. The Hall–Kier alpha value is -2.44. The van der Waals surface area contributed by atoms with Crippen LogP contribution in [0.2, 0.25) is 0 Å². The van der Waals surface area contributed by atoms with Crippen LogP contribution in [0.1, 0.15) is 11.3 Å². The van der Waals surface area contributed by atoms with Crippen molar-refractivity contribution < 1.29 is 9.53 Å². The third-order valence-electron chi connectivity index (χ3n) is 4.45. The maximum atomic E-state index is 12.0. The van der Waals surface area contributed by atoms with Crippen LogP contribution < -0.4 is 5.43 Å². The van der Waals surface area contributed by atoms with Crippen molar-refractivity contribution in [2.24, 2.45) is 5.10 Å². The monoisotopic (exact) mass is 340 g/mol. The molecule has 3 rings (SSSR count). The van der Waals surface area contributed by atoms with Crippen LogP contribution in [0.3, 0.4) is 0 Å². The predicted octanol–water partition coefficient (Wildman–Crippen LogP) is 1.92. The lowest BCUT2D eigenvalue weighted by Crippen LogP contribution is -2.42. The number of carbonyl (C=O) groups is 1. The van der Waals surface area contributed by atoms with Crippen molar-refractivity contribution in [3.8, 4) is 0 Å². The average Bonchev–Trinajstić information content (AvgIpc) is 2.89. The molecule has 2 aromatic rings. The maximum Gasteiger partial charge on any atom is 0.254 e. The third kappa shape index (κ3) is 3.97. The summed E-state index contributed by atoms with van der Waals surface area (Å²) >= 11 is 0. The third-order valence-corrected chi connectivity index (χ3v) is 4.45. The minimum absolute atomic E-state index is 0.106. The smallest absolute Gasteiger partial charge is 0.254 e. The number of fused-ring (bicyclic) bond motifs is 1. The second kappa shape index (κ2) is 8.09. The highest BCUT2D eigenvalue weighted by Gasteiger charge is 2.14. The van der Waals surface area contributed by atoms with E-state index < -0.39 is 0 Å². The van der Waals surface area contributed by atoms with Crippen LogP contribution in [0.4, 0.5) is 0 Å². The standard InChI is InChI=1S/C19H24N4O2/c1-3-8-23-15(2)17(16-6-4-5-7-18(16)23)13-20-21-19(24)14-22-9-11-25-12-10-22/h3-7,13H,1,8-12,14H2,2H3,(H,21,24)/b20-13+. The van der Waals surface area contributed by atoms with Crippen LogP contribution in [0, 0.1) is 6.92 Å². The minimum atomic E-state index is -0.106. The van der Waals surface area contributed by atoms with E-state index in [2.05, 4.69) is 45.6 Å². The van der Waals surface area contributed by atoms with Crippen LogP contribution in [0.15, 0.2) is 42.0 Å². The first-order chi connectivity index (χ1) is 12.2. The molecular formula is C19H24N4O2. The molecule has 132 valence electrons. The van der Waals surface area contributed by atoms with Crippen LogP contribution in [-0.4, -0.2) is 54.4 Å². The summed E-state index contributed by atoms with van der Waals surface area (Å²) in [6.07, 6.45) is 3.61. The molecule has 1 aromatic carbocycles. The molecule has 0 bridgehead atoms. The fraction of sp³-hybridized carbons (Fsp3) is 0.368. The Kier molecular flexibility index (Phi) is 5.63. The maximum absolute atomic E-state index is 12.0. The fourth-order valence-corrected chi connectivity index (χ4v) is 3.15. The van der Waals surface area contributed by atoms with Gasteiger partial charge in [0.05, 0.1) is 26.0 Å². The highest BCUT2D eigenvalue weighted by Crippen LogP contribution is 2.24. The number of rotatable bonds is 6. The van der Waals surface area contributed by atoms with Gasteiger partial charge in [-0.25, -0.2) is 5.43 Å². The van der Waals surface area contributed by atoms with E-state index in [1.807, 2.05) is 18.2 Å². The molecule has 1 N–H and O–H groups in total. The number of ether oxygens (including phenoxy) is 1. The van der Waals surface area contributed by atoms with Gasteiger partial charge in [-0.15, -0.1) is 6.58 Å². The first-order valence-corrected chi connectivity index (χ1v) is 8.51. The van der Waals surface area contributed by atoms with Gasteiger partial charge in [0.1, 0.15) is 0 Å². The summed E-state index contributed by atoms with van der Waals surface area (Å²) in [5.41, 5.74) is 5.89. The Bertz CT molecular complexity index is 788. The molecule has 1 aromatic heterocycles. The Morgan fingerprint density at radius 2 is 2.12 bits per heavy atom. The lowest BCUT2D eigenvalue weighted by molar-refractivity contribution is -0.123. The summed E-state index contributed by atoms with van der Waals surface area (Å²) < 4.78 is 7.48. The number of carbonyl (C=O) groups excluding carboxylic acids is 1. The van der Waals surface area contributed by atoms with Gasteiger partial charge in [-0.2, -0.15) is 5.10 Å². The number of hydrogen-bond acceptors (Lipinski definition) is 4. The molecular weight excluding hydrogens is 316 g/mol. The van der Waals surface area contributed by atoms with Crippen LogP contribution in [0.5, 0.6) is 0 Å². The largest absolute Gasteiger partial charge is 0.379 e. The molecule has 1 amide bonds. The predicted molar refractivity (Wildman–Crippen MR) is 99.9 cm³/mol. The second-order valence-electron chi connectivity index (χ2n) is 6.10. The number of benzene rings is 1. The van der Waals surface area contributed by atoms with Crippen molar-refractivity contribution in [1.29, 1.82) is 0 Å². The van der Waals surface area contributed by atoms with Gasteiger partial charge < -0.3 is 9.30 Å². The number of aromatic nitrogens is 1. The number of para-hydroxylation sites is 1. The van der Waals surface area contributed by atoms with E-state index in [4.69, 9.17) is 4.74 Å². The summed E-state index contributed by atoms with van der Waals surface area (Å²) in [5.74, 6) is -0.106. The van der Waals surface area contributed by atoms with E-state index >= 15 is 0 Å². The molecule has 0 aliphatic carbocycles. The SMILES string of the molecule is C=CCn1c(C)c(/C=N/NC(=O)CN2CCOCC2)c2ccccc21. The molecule has 0 radical (unpaired) electrons. The van der Waals surface area contributed by atoms with E-state index in [1.165, 1.54) is 0 Å². The van der Waals surface area contributed by atoms with Crippen molar-refractivity contribution in [2.75, 3.05) is 32.8 Å². The molecule has 0 saturated carbocycles. The molecule has 25 heavy (non-hydrogen) atoms. The number of allylic oxidation sites excluding steroid dienone is 1. The van der Waals surface area contributed by atoms with Gasteiger partial charge in [-0.05, 0) is 13.0 Å². The molecule has 1 fully saturated rings. The number of morpholine rings is 1. The normalized spacial score (nSPS) is 15.7.